The Labute approximate surface area is 123 Å². The van der Waals surface area contributed by atoms with E-state index in [-0.39, 0.29) is 12.3 Å². The molecule has 1 aromatic heterocycles. The molecule has 0 radical (unpaired) electrons. The minimum atomic E-state index is -1.15. The van der Waals surface area contributed by atoms with Crippen LogP contribution in [0.1, 0.15) is 33.3 Å². The van der Waals surface area contributed by atoms with Crippen molar-refractivity contribution in [3.05, 3.63) is 29.6 Å². The number of quaternary nitrogens is 1. The second kappa shape index (κ2) is 4.96. The number of rotatable bonds is 2. The molecule has 0 spiro atoms. The largest absolute Gasteiger partial charge is 0.525 e. The monoisotopic (exact) mass is 291 g/mol. The highest BCUT2D eigenvalue weighted by Gasteiger charge is 2.61. The second-order valence-electron chi connectivity index (χ2n) is 5.79. The van der Waals surface area contributed by atoms with Gasteiger partial charge in [0.05, 0.1) is 12.2 Å². The fourth-order valence-electron chi connectivity index (χ4n) is 2.72. The van der Waals surface area contributed by atoms with Gasteiger partial charge in [-0.3, -0.25) is 0 Å². The number of hydrogen-bond acceptors (Lipinski definition) is 4. The Morgan fingerprint density at radius 3 is 2.57 bits per heavy atom. The summed E-state index contributed by atoms with van der Waals surface area (Å²) in [5, 5.41) is 9.92. The van der Waals surface area contributed by atoms with Crippen molar-refractivity contribution in [1.29, 1.82) is 0 Å². The molecule has 0 saturated carbocycles. The van der Waals surface area contributed by atoms with Gasteiger partial charge in [-0.2, -0.15) is 4.79 Å². The molecule has 1 aliphatic rings. The molecule has 0 saturated heterocycles. The summed E-state index contributed by atoms with van der Waals surface area (Å²) < 4.78 is 4.38. The van der Waals surface area contributed by atoms with Crippen LogP contribution < -0.4 is 4.48 Å². The Hall–Kier alpha value is -2.21. The van der Waals surface area contributed by atoms with E-state index in [1.165, 1.54) is 6.20 Å². The van der Waals surface area contributed by atoms with Crippen molar-refractivity contribution in [2.45, 2.75) is 33.2 Å². The lowest BCUT2D eigenvalue weighted by Crippen LogP contribution is -2.64. The van der Waals surface area contributed by atoms with Gasteiger partial charge in [-0.1, -0.05) is 0 Å². The van der Waals surface area contributed by atoms with E-state index in [2.05, 4.69) is 4.98 Å². The highest BCUT2D eigenvalue weighted by molar-refractivity contribution is 6.07. The first-order chi connectivity index (χ1) is 9.76. The number of aromatic nitrogens is 1. The Kier molecular flexibility index (Phi) is 3.59. The van der Waals surface area contributed by atoms with Gasteiger partial charge in [0.15, 0.2) is 0 Å². The number of amides is 1. The minimum absolute atomic E-state index is 0.0746. The van der Waals surface area contributed by atoms with Crippen molar-refractivity contribution in [2.24, 2.45) is 0 Å². The summed E-state index contributed by atoms with van der Waals surface area (Å²) >= 11 is 0. The van der Waals surface area contributed by atoms with Gasteiger partial charge in [-0.15, -0.1) is 4.48 Å². The minimum Gasteiger partial charge on any atom is -0.458 e. The van der Waals surface area contributed by atoms with Crippen LogP contribution in [0.5, 0.6) is 0 Å². The summed E-state index contributed by atoms with van der Waals surface area (Å²) in [4.78, 5) is 28.6. The SMILES string of the molecule is CCOC(=O)C1=Cc2cccnc2[N+]1(C(=O)O)C(C)(C)C. The Morgan fingerprint density at radius 1 is 1.38 bits per heavy atom. The summed E-state index contributed by atoms with van der Waals surface area (Å²) in [5.41, 5.74) is -0.104. The van der Waals surface area contributed by atoms with Gasteiger partial charge in [-0.25, -0.2) is 9.78 Å². The van der Waals surface area contributed by atoms with Crippen LogP contribution in [0.4, 0.5) is 10.6 Å². The van der Waals surface area contributed by atoms with Crippen LogP contribution in [-0.2, 0) is 9.53 Å². The number of nitrogens with zero attached hydrogens (tertiary/aromatic N) is 2. The lowest BCUT2D eigenvalue weighted by molar-refractivity contribution is -0.140. The van der Waals surface area contributed by atoms with Crippen molar-refractivity contribution in [3.63, 3.8) is 0 Å². The zero-order valence-corrected chi connectivity index (χ0v) is 12.6. The molecule has 0 fully saturated rings. The molecular formula is C15H19N2O4+. The second-order valence-corrected chi connectivity index (χ2v) is 5.79. The third kappa shape index (κ3) is 2.03. The van der Waals surface area contributed by atoms with Crippen LogP contribution in [0.15, 0.2) is 24.0 Å². The fraction of sp³-hybridized carbons (Fsp3) is 0.400. The van der Waals surface area contributed by atoms with Gasteiger partial charge in [0.1, 0.15) is 5.54 Å². The molecule has 1 unspecified atom stereocenters. The molecule has 1 N–H and O–H groups in total. The van der Waals surface area contributed by atoms with Gasteiger partial charge >= 0.3 is 12.1 Å². The number of carboxylic acid groups (broad SMARTS) is 1. The van der Waals surface area contributed by atoms with E-state index in [1.807, 2.05) is 0 Å². The molecule has 6 heteroatoms. The highest BCUT2D eigenvalue weighted by Crippen LogP contribution is 2.45. The van der Waals surface area contributed by atoms with Crippen LogP contribution in [0.25, 0.3) is 6.08 Å². The fourth-order valence-corrected chi connectivity index (χ4v) is 2.72. The number of ether oxygens (including phenoxy) is 1. The quantitative estimate of drug-likeness (QED) is 0.669. The molecule has 112 valence electrons. The third-order valence-electron chi connectivity index (χ3n) is 3.57. The van der Waals surface area contributed by atoms with E-state index >= 15 is 0 Å². The van der Waals surface area contributed by atoms with E-state index in [1.54, 1.807) is 45.9 Å². The predicted octanol–water partition coefficient (Wildman–Crippen LogP) is 2.78. The molecule has 1 aliphatic heterocycles. The van der Waals surface area contributed by atoms with Crippen LogP contribution in [0.3, 0.4) is 0 Å². The molecule has 1 atom stereocenters. The van der Waals surface area contributed by atoms with Crippen molar-refractivity contribution in [3.8, 4) is 0 Å². The molecule has 0 bridgehead atoms. The van der Waals surface area contributed by atoms with Crippen LogP contribution >= 0.6 is 0 Å². The Balaban J connectivity index is 2.76. The highest BCUT2D eigenvalue weighted by atomic mass is 16.5. The van der Waals surface area contributed by atoms with Gasteiger partial charge in [0.2, 0.25) is 5.70 Å². The number of carbonyl (C=O) groups excluding carboxylic acids is 1. The molecule has 1 amide bonds. The smallest absolute Gasteiger partial charge is 0.458 e. The Bertz CT molecular complexity index is 631. The number of esters is 1. The summed E-state index contributed by atoms with van der Waals surface area (Å²) in [5.74, 6) is -0.298. The summed E-state index contributed by atoms with van der Waals surface area (Å²) in [7, 11) is 0. The number of hydrogen-bond donors (Lipinski definition) is 1. The van der Waals surface area contributed by atoms with Gasteiger partial charge in [0, 0.05) is 12.3 Å². The molecule has 2 heterocycles. The maximum atomic E-state index is 12.3. The molecule has 0 aliphatic carbocycles. The average Bonchev–Trinajstić information content (AvgIpc) is 2.74. The molecule has 6 nitrogen and oxygen atoms in total. The van der Waals surface area contributed by atoms with Gasteiger partial charge in [0.25, 0.3) is 5.82 Å². The lowest BCUT2D eigenvalue weighted by Gasteiger charge is -2.39. The number of pyridine rings is 1. The third-order valence-corrected chi connectivity index (χ3v) is 3.57. The summed E-state index contributed by atoms with van der Waals surface area (Å²) in [6.45, 7) is 7.16. The molecule has 21 heavy (non-hydrogen) atoms. The van der Waals surface area contributed by atoms with E-state index in [0.29, 0.717) is 11.4 Å². The van der Waals surface area contributed by atoms with Crippen LogP contribution in [-0.4, -0.2) is 34.3 Å². The van der Waals surface area contributed by atoms with E-state index in [9.17, 15) is 14.7 Å². The first-order valence-corrected chi connectivity index (χ1v) is 6.74. The van der Waals surface area contributed by atoms with Gasteiger partial charge < -0.3 is 9.84 Å². The first-order valence-electron chi connectivity index (χ1n) is 6.74. The van der Waals surface area contributed by atoms with Crippen molar-refractivity contribution in [1.82, 2.24) is 9.47 Å². The van der Waals surface area contributed by atoms with Crippen molar-refractivity contribution in [2.75, 3.05) is 6.61 Å². The molecular weight excluding hydrogens is 272 g/mol. The topological polar surface area (TPSA) is 76.5 Å². The van der Waals surface area contributed by atoms with E-state index < -0.39 is 22.1 Å². The predicted molar refractivity (Wildman–Crippen MR) is 78.4 cm³/mol. The number of carbonyl (C=O) groups is 2. The number of fused-ring (bicyclic) bond motifs is 1. The standard InChI is InChI=1S/C15H18N2O4/c1-5-21-13(18)11-9-10-7-6-8-16-12(10)17(11,14(19)20)15(2,3)4/h6-9H,5H2,1-4H3/p+1. The molecule has 0 aromatic carbocycles. The molecule has 2 rings (SSSR count). The summed E-state index contributed by atoms with van der Waals surface area (Å²) in [6, 6.07) is 3.46. The first kappa shape index (κ1) is 15.2. The zero-order chi connectivity index (χ0) is 15.8. The van der Waals surface area contributed by atoms with Crippen LogP contribution in [0.2, 0.25) is 0 Å². The maximum absolute atomic E-state index is 12.3. The van der Waals surface area contributed by atoms with Crippen LogP contribution in [0, 0.1) is 0 Å². The Morgan fingerprint density at radius 2 is 2.05 bits per heavy atom. The average molecular weight is 291 g/mol. The van der Waals surface area contributed by atoms with E-state index in [0.717, 1.165) is 0 Å². The van der Waals surface area contributed by atoms with Crippen molar-refractivity contribution >= 4 is 24.0 Å². The van der Waals surface area contributed by atoms with E-state index in [4.69, 9.17) is 4.74 Å². The van der Waals surface area contributed by atoms with Gasteiger partial charge in [-0.05, 0) is 39.8 Å². The molecule has 1 aromatic rings. The lowest BCUT2D eigenvalue weighted by atomic mass is 10.0. The summed E-state index contributed by atoms with van der Waals surface area (Å²) in [6.07, 6.45) is 1.93. The van der Waals surface area contributed by atoms with Crippen molar-refractivity contribution < 1.29 is 19.4 Å². The maximum Gasteiger partial charge on any atom is 0.525 e. The normalized spacial score (nSPS) is 20.7. The zero-order valence-electron chi connectivity index (χ0n) is 12.6.